The van der Waals surface area contributed by atoms with Gasteiger partial charge in [-0.3, -0.25) is 0 Å². The number of hydrogen-bond acceptors (Lipinski definition) is 1. The van der Waals surface area contributed by atoms with Gasteiger partial charge >= 0.3 is 0 Å². The Kier molecular flexibility index (Phi) is 17.6. The summed E-state index contributed by atoms with van der Waals surface area (Å²) in [6.07, 6.45) is 28.0. The Labute approximate surface area is 216 Å². The molecule has 0 N–H and O–H groups in total. The average molecular weight is 481 g/mol. The van der Waals surface area contributed by atoms with E-state index < -0.39 is 0 Å². The summed E-state index contributed by atoms with van der Waals surface area (Å²) in [7, 11) is 0. The van der Waals surface area contributed by atoms with Crippen LogP contribution in [0.2, 0.25) is 0 Å². The topological polar surface area (TPSA) is 0 Å². The molecular weight excluding hydrogens is 428 g/mol. The van der Waals surface area contributed by atoms with Crippen LogP contribution in [-0.2, 0) is 6.42 Å². The van der Waals surface area contributed by atoms with Crippen LogP contribution in [0.5, 0.6) is 0 Å². The van der Waals surface area contributed by atoms with Crippen molar-refractivity contribution in [1.82, 2.24) is 0 Å². The first-order chi connectivity index (χ1) is 16.4. The van der Waals surface area contributed by atoms with Crippen LogP contribution < -0.4 is 0 Å². The van der Waals surface area contributed by atoms with Crippen LogP contribution in [-0.4, -0.2) is 0 Å². The highest BCUT2D eigenvalue weighted by atomic mass is 32.1. The van der Waals surface area contributed by atoms with Gasteiger partial charge in [-0.1, -0.05) is 71.6 Å². The molecule has 1 aromatic rings. The van der Waals surface area contributed by atoms with Gasteiger partial charge in [-0.25, -0.2) is 0 Å². The fourth-order valence-corrected chi connectivity index (χ4v) is 4.77. The molecule has 0 atom stereocenters. The van der Waals surface area contributed by atoms with E-state index in [4.69, 9.17) is 0 Å². The number of rotatable bonds is 18. The van der Waals surface area contributed by atoms with Crippen LogP contribution >= 0.6 is 11.3 Å². The Balaban J connectivity index is 2.18. The minimum Gasteiger partial charge on any atom is -0.152 e. The number of allylic oxidation sites excluding steroid dienone is 10. The minimum atomic E-state index is 1.17. The van der Waals surface area contributed by atoms with E-state index in [1.165, 1.54) is 106 Å². The van der Waals surface area contributed by atoms with E-state index in [1.54, 1.807) is 22.5 Å². The summed E-state index contributed by atoms with van der Waals surface area (Å²) >= 11 is 1.80. The van der Waals surface area contributed by atoms with E-state index in [9.17, 15) is 0 Å². The van der Waals surface area contributed by atoms with E-state index in [2.05, 4.69) is 88.7 Å². The van der Waals surface area contributed by atoms with Gasteiger partial charge in [-0.15, -0.1) is 0 Å². The zero-order chi connectivity index (χ0) is 25.0. The third kappa shape index (κ3) is 16.9. The van der Waals surface area contributed by atoms with Gasteiger partial charge in [-0.05, 0) is 134 Å². The molecule has 0 spiro atoms. The SMILES string of the molecule is CCCC/C(C)=C/CC/C(C)=C/CC/C(C)=C/CC/C(C)=C/CC/C(C)=C/CCc1ccsc1. The van der Waals surface area contributed by atoms with Crippen molar-refractivity contribution in [2.45, 2.75) is 125 Å². The highest BCUT2D eigenvalue weighted by Gasteiger charge is 1.96. The van der Waals surface area contributed by atoms with E-state index in [-0.39, 0.29) is 0 Å². The maximum absolute atomic E-state index is 2.45. The van der Waals surface area contributed by atoms with Crippen LogP contribution in [0.1, 0.15) is 124 Å². The van der Waals surface area contributed by atoms with Gasteiger partial charge in [0.2, 0.25) is 0 Å². The Hall–Kier alpha value is -1.60. The molecule has 0 unspecified atom stereocenters. The van der Waals surface area contributed by atoms with Crippen molar-refractivity contribution in [3.05, 3.63) is 80.6 Å². The largest absolute Gasteiger partial charge is 0.152 e. The lowest BCUT2D eigenvalue weighted by molar-refractivity contribution is 0.781. The van der Waals surface area contributed by atoms with Crippen molar-refractivity contribution in [2.24, 2.45) is 0 Å². The standard InChI is InChI=1S/C33H52S/c1-7-8-14-28(2)15-9-16-29(3)17-10-18-30(4)19-11-20-31(5)21-12-22-32(6)23-13-24-33-25-26-34-27-33/h15,17,19,21,23,25-27H,7-14,16,18,20,22,24H2,1-6H3/b28-15+,29-17+,30-19+,31-21+,32-23+. The third-order valence-electron chi connectivity index (χ3n) is 6.56. The molecule has 0 radical (unpaired) electrons. The fraction of sp³-hybridized carbons (Fsp3) is 0.576. The van der Waals surface area contributed by atoms with Crippen molar-refractivity contribution in [3.8, 4) is 0 Å². The highest BCUT2D eigenvalue weighted by Crippen LogP contribution is 2.16. The van der Waals surface area contributed by atoms with Gasteiger partial charge in [-0.2, -0.15) is 11.3 Å². The molecule has 190 valence electrons. The first-order valence-corrected chi connectivity index (χ1v) is 14.6. The number of unbranched alkanes of at least 4 members (excludes halogenated alkanes) is 1. The summed E-state index contributed by atoms with van der Waals surface area (Å²) in [5, 5.41) is 4.43. The Morgan fingerprint density at radius 3 is 1.41 bits per heavy atom. The van der Waals surface area contributed by atoms with Crippen LogP contribution in [0.15, 0.2) is 75.1 Å². The quantitative estimate of drug-likeness (QED) is 0.183. The molecule has 1 heteroatoms. The van der Waals surface area contributed by atoms with Crippen LogP contribution in [0.3, 0.4) is 0 Å². The third-order valence-corrected chi connectivity index (χ3v) is 7.29. The molecule has 1 heterocycles. The van der Waals surface area contributed by atoms with E-state index in [1.807, 2.05) is 0 Å². The second kappa shape index (κ2) is 19.7. The zero-order valence-electron chi connectivity index (χ0n) is 23.2. The van der Waals surface area contributed by atoms with Crippen LogP contribution in [0.25, 0.3) is 0 Å². The lowest BCUT2D eigenvalue weighted by Gasteiger charge is -2.04. The molecule has 0 aliphatic rings. The highest BCUT2D eigenvalue weighted by molar-refractivity contribution is 7.07. The monoisotopic (exact) mass is 480 g/mol. The fourth-order valence-electron chi connectivity index (χ4n) is 4.07. The maximum Gasteiger partial charge on any atom is -0.00611 e. The van der Waals surface area contributed by atoms with Gasteiger partial charge in [0, 0.05) is 0 Å². The summed E-state index contributed by atoms with van der Waals surface area (Å²) < 4.78 is 0. The molecule has 0 nitrogen and oxygen atoms in total. The molecule has 0 saturated heterocycles. The van der Waals surface area contributed by atoms with Gasteiger partial charge < -0.3 is 0 Å². The average Bonchev–Trinajstić information content (AvgIpc) is 3.31. The predicted octanol–water partition coefficient (Wildman–Crippen LogP) is 11.7. The summed E-state index contributed by atoms with van der Waals surface area (Å²) in [5.74, 6) is 0. The second-order valence-electron chi connectivity index (χ2n) is 10.2. The first-order valence-electron chi connectivity index (χ1n) is 13.7. The normalized spacial score (nSPS) is 14.2. The molecule has 0 aromatic carbocycles. The molecule has 0 bridgehead atoms. The molecule has 0 amide bonds. The summed E-state index contributed by atoms with van der Waals surface area (Å²) in [6, 6.07) is 2.24. The van der Waals surface area contributed by atoms with Crippen molar-refractivity contribution in [3.63, 3.8) is 0 Å². The smallest absolute Gasteiger partial charge is 0.00611 e. The van der Waals surface area contributed by atoms with Crippen molar-refractivity contribution < 1.29 is 0 Å². The number of thiophene rings is 1. The van der Waals surface area contributed by atoms with Crippen LogP contribution in [0.4, 0.5) is 0 Å². The zero-order valence-corrected chi connectivity index (χ0v) is 24.0. The van der Waals surface area contributed by atoms with E-state index in [0.29, 0.717) is 0 Å². The summed E-state index contributed by atoms with van der Waals surface area (Å²) in [4.78, 5) is 0. The summed E-state index contributed by atoms with van der Waals surface area (Å²) in [5.41, 5.74) is 9.18. The Morgan fingerprint density at radius 1 is 0.618 bits per heavy atom. The summed E-state index contributed by atoms with van der Waals surface area (Å²) in [6.45, 7) is 13.7. The van der Waals surface area contributed by atoms with E-state index in [0.717, 1.165) is 0 Å². The van der Waals surface area contributed by atoms with Gasteiger partial charge in [0.1, 0.15) is 0 Å². The lowest BCUT2D eigenvalue weighted by atomic mass is 10.0. The molecule has 1 rings (SSSR count). The van der Waals surface area contributed by atoms with Gasteiger partial charge in [0.15, 0.2) is 0 Å². The Morgan fingerprint density at radius 2 is 1.03 bits per heavy atom. The Bertz CT molecular complexity index is 796. The molecule has 0 aliphatic heterocycles. The van der Waals surface area contributed by atoms with Crippen molar-refractivity contribution in [1.29, 1.82) is 0 Å². The molecular formula is C33H52S. The predicted molar refractivity (Wildman–Crippen MR) is 158 cm³/mol. The number of aryl methyl sites for hydroxylation is 1. The van der Waals surface area contributed by atoms with Gasteiger partial charge in [0.05, 0.1) is 0 Å². The number of hydrogen-bond donors (Lipinski definition) is 0. The molecule has 1 aromatic heterocycles. The van der Waals surface area contributed by atoms with Crippen molar-refractivity contribution in [2.75, 3.05) is 0 Å². The van der Waals surface area contributed by atoms with Crippen molar-refractivity contribution >= 4 is 11.3 Å². The molecule has 0 fully saturated rings. The van der Waals surface area contributed by atoms with Gasteiger partial charge in [0.25, 0.3) is 0 Å². The molecule has 0 saturated carbocycles. The van der Waals surface area contributed by atoms with Crippen LogP contribution in [0, 0.1) is 0 Å². The molecule has 0 aliphatic carbocycles. The minimum absolute atomic E-state index is 1.17. The van der Waals surface area contributed by atoms with E-state index >= 15 is 0 Å². The second-order valence-corrected chi connectivity index (χ2v) is 11.0. The lowest BCUT2D eigenvalue weighted by Crippen LogP contribution is -1.84. The maximum atomic E-state index is 2.45. The molecule has 34 heavy (non-hydrogen) atoms. The first kappa shape index (κ1) is 30.4.